The molecule has 0 spiro atoms. The van der Waals surface area contributed by atoms with Crippen molar-refractivity contribution in [3.05, 3.63) is 77.6 Å². The van der Waals surface area contributed by atoms with Crippen molar-refractivity contribution in [2.45, 2.75) is 66.0 Å². The predicted octanol–water partition coefficient (Wildman–Crippen LogP) is 4.41. The zero-order chi connectivity index (χ0) is 26.5. The molecule has 1 atom stereocenters. The van der Waals surface area contributed by atoms with Crippen molar-refractivity contribution in [1.82, 2.24) is 30.8 Å². The molecule has 2 N–H and O–H groups in total. The fraction of sp³-hybridized carbons (Fsp3) is 0.444. The van der Waals surface area contributed by atoms with Crippen LogP contribution in [0, 0.1) is 0 Å². The normalized spacial score (nSPS) is 11.7. The van der Waals surface area contributed by atoms with Crippen molar-refractivity contribution in [3.8, 4) is 0 Å². The Morgan fingerprint density at radius 3 is 2.21 bits per heavy atom. The Morgan fingerprint density at radius 1 is 0.947 bits per heavy atom. The average Bonchev–Trinajstić information content (AvgIpc) is 3.33. The van der Waals surface area contributed by atoms with E-state index in [0.29, 0.717) is 31.9 Å². The smallest absolute Gasteiger partial charge is 0.408 e. The van der Waals surface area contributed by atoms with Gasteiger partial charge < -0.3 is 24.8 Å². The van der Waals surface area contributed by atoms with Gasteiger partial charge in [0.15, 0.2) is 5.82 Å². The molecule has 1 heterocycles. The quantitative estimate of drug-likeness (QED) is 0.332. The van der Waals surface area contributed by atoms with Crippen LogP contribution >= 0.6 is 0 Å². The third kappa shape index (κ3) is 11.0. The van der Waals surface area contributed by atoms with Crippen LogP contribution in [0.2, 0.25) is 0 Å². The van der Waals surface area contributed by atoms with E-state index in [4.69, 9.17) is 14.2 Å². The van der Waals surface area contributed by atoms with Gasteiger partial charge in [-0.15, -0.1) is 5.10 Å². The van der Waals surface area contributed by atoms with Gasteiger partial charge in [0, 0.05) is 13.1 Å². The molecule has 0 saturated carbocycles. The van der Waals surface area contributed by atoms with Gasteiger partial charge in [-0.05, 0) is 48.7 Å². The number of aromatic nitrogens is 4. The van der Waals surface area contributed by atoms with Gasteiger partial charge in [0.05, 0.1) is 13.2 Å². The molecule has 0 bridgehead atoms. The summed E-state index contributed by atoms with van der Waals surface area (Å²) < 4.78 is 18.1. The van der Waals surface area contributed by atoms with Gasteiger partial charge in [-0.25, -0.2) is 14.3 Å². The predicted molar refractivity (Wildman–Crippen MR) is 142 cm³/mol. The topological polar surface area (TPSA) is 129 Å². The summed E-state index contributed by atoms with van der Waals surface area (Å²) in [6.45, 7) is 6.83. The van der Waals surface area contributed by atoms with E-state index >= 15 is 0 Å². The molecule has 206 valence electrons. The number of carbonyl (C=O) groups is 2. The van der Waals surface area contributed by atoms with E-state index in [1.807, 2.05) is 60.7 Å². The molecule has 1 aromatic heterocycles. The Bertz CT molecular complexity index is 1100. The molecule has 0 radical (unpaired) electrons. The number of carbonyl (C=O) groups excluding carboxylic acids is 2. The van der Waals surface area contributed by atoms with Crippen molar-refractivity contribution in [3.63, 3.8) is 0 Å². The van der Waals surface area contributed by atoms with E-state index in [-0.39, 0.29) is 20.6 Å². The Labute approximate surface area is 223 Å². The summed E-state index contributed by atoms with van der Waals surface area (Å²) in [5.41, 5.74) is 1.25. The largest absolute Gasteiger partial charge is 0.445 e. The Hall–Kier alpha value is -3.99. The number of tetrazole rings is 1. The molecule has 0 aliphatic heterocycles. The molecule has 2 aromatic carbocycles. The molecule has 11 nitrogen and oxygen atoms in total. The van der Waals surface area contributed by atoms with E-state index in [9.17, 15) is 9.59 Å². The average molecular weight is 527 g/mol. The van der Waals surface area contributed by atoms with Crippen LogP contribution in [0.1, 0.15) is 57.6 Å². The Morgan fingerprint density at radius 2 is 1.58 bits per heavy atom. The number of hydrogen-bond acceptors (Lipinski definition) is 8. The van der Waals surface area contributed by atoms with Gasteiger partial charge in [0.25, 0.3) is 0 Å². The first kappa shape index (κ1) is 30.2. The van der Waals surface area contributed by atoms with Gasteiger partial charge in [0.2, 0.25) is 0 Å². The minimum absolute atomic E-state index is 0. The van der Waals surface area contributed by atoms with Crippen LogP contribution in [0.5, 0.6) is 0 Å². The summed E-state index contributed by atoms with van der Waals surface area (Å²) in [7, 11) is 0. The monoisotopic (exact) mass is 526 g/mol. The summed E-state index contributed by atoms with van der Waals surface area (Å²) in [5.74, 6) is 0.422. The highest BCUT2D eigenvalue weighted by atomic mass is 16.6. The molecule has 11 heteroatoms. The third-order valence-corrected chi connectivity index (χ3v) is 4.99. The molecule has 3 rings (SSSR count). The van der Waals surface area contributed by atoms with E-state index in [0.717, 1.165) is 11.1 Å². The van der Waals surface area contributed by atoms with Crippen molar-refractivity contribution < 1.29 is 23.8 Å². The standard InChI is InChI=1S/C26H34N6O5.CH4/c1-26(2,3)37-25(34)28-22(19-35-17-20-11-6-4-7-12-20)23-29-30-31-32(23)16-10-15-27-24(33)36-18-21-13-8-5-9-14-21;/h4-9,11-14,22H,10,15-19H2,1-3H3,(H,27,33)(H,28,34);1H4/t22-;/m1./s1. The van der Waals surface area contributed by atoms with Gasteiger partial charge in [-0.2, -0.15) is 0 Å². The van der Waals surface area contributed by atoms with Crippen LogP contribution < -0.4 is 10.6 Å². The summed E-state index contributed by atoms with van der Waals surface area (Å²) in [4.78, 5) is 24.4. The van der Waals surface area contributed by atoms with Crippen molar-refractivity contribution in [2.24, 2.45) is 0 Å². The number of nitrogens with zero attached hydrogens (tertiary/aromatic N) is 4. The zero-order valence-electron chi connectivity index (χ0n) is 21.4. The van der Waals surface area contributed by atoms with Crippen molar-refractivity contribution >= 4 is 12.2 Å². The van der Waals surface area contributed by atoms with Gasteiger partial charge >= 0.3 is 12.2 Å². The number of hydrogen-bond donors (Lipinski definition) is 2. The molecular formula is C27H38N6O5. The van der Waals surface area contributed by atoms with E-state index in [1.165, 1.54) is 0 Å². The number of amides is 2. The van der Waals surface area contributed by atoms with Crippen LogP contribution in [0.25, 0.3) is 0 Å². The van der Waals surface area contributed by atoms with E-state index < -0.39 is 23.8 Å². The summed E-state index contributed by atoms with van der Waals surface area (Å²) in [5, 5.41) is 17.4. The van der Waals surface area contributed by atoms with Crippen LogP contribution in [0.15, 0.2) is 60.7 Å². The lowest BCUT2D eigenvalue weighted by Gasteiger charge is -2.23. The van der Waals surface area contributed by atoms with Gasteiger partial charge in [0.1, 0.15) is 18.2 Å². The lowest BCUT2D eigenvalue weighted by Crippen LogP contribution is -2.38. The highest BCUT2D eigenvalue weighted by Crippen LogP contribution is 2.14. The Kier molecular flexibility index (Phi) is 12.2. The minimum atomic E-state index is -0.660. The first-order valence-corrected chi connectivity index (χ1v) is 12.1. The summed E-state index contributed by atoms with van der Waals surface area (Å²) >= 11 is 0. The fourth-order valence-electron chi connectivity index (χ4n) is 3.31. The number of nitrogens with one attached hydrogen (secondary N) is 2. The maximum Gasteiger partial charge on any atom is 0.408 e. The molecule has 0 saturated heterocycles. The van der Waals surface area contributed by atoms with Gasteiger partial charge in [-0.3, -0.25) is 0 Å². The van der Waals surface area contributed by atoms with E-state index in [2.05, 4.69) is 26.2 Å². The summed E-state index contributed by atoms with van der Waals surface area (Å²) in [6, 6.07) is 18.5. The number of rotatable bonds is 12. The molecule has 0 aliphatic carbocycles. The molecule has 0 aliphatic rings. The first-order valence-electron chi connectivity index (χ1n) is 12.1. The summed E-state index contributed by atoms with van der Waals surface area (Å²) in [6.07, 6.45) is -0.555. The lowest BCUT2D eigenvalue weighted by molar-refractivity contribution is 0.0416. The highest BCUT2D eigenvalue weighted by molar-refractivity contribution is 5.68. The van der Waals surface area contributed by atoms with Crippen molar-refractivity contribution in [2.75, 3.05) is 13.2 Å². The lowest BCUT2D eigenvalue weighted by atomic mass is 10.2. The third-order valence-electron chi connectivity index (χ3n) is 4.99. The zero-order valence-corrected chi connectivity index (χ0v) is 21.4. The molecule has 3 aromatic rings. The molecule has 0 fully saturated rings. The second-order valence-corrected chi connectivity index (χ2v) is 9.30. The highest BCUT2D eigenvalue weighted by Gasteiger charge is 2.25. The van der Waals surface area contributed by atoms with Crippen molar-refractivity contribution in [1.29, 1.82) is 0 Å². The van der Waals surface area contributed by atoms with Crippen LogP contribution in [0.3, 0.4) is 0 Å². The Balaban J connectivity index is 0.00000507. The second-order valence-electron chi connectivity index (χ2n) is 9.30. The number of benzene rings is 2. The molecular weight excluding hydrogens is 488 g/mol. The maximum absolute atomic E-state index is 12.5. The van der Waals surface area contributed by atoms with Crippen LogP contribution in [0.4, 0.5) is 9.59 Å². The fourth-order valence-corrected chi connectivity index (χ4v) is 3.31. The molecule has 2 amide bonds. The number of alkyl carbamates (subject to hydrolysis) is 2. The van der Waals surface area contributed by atoms with Gasteiger partial charge in [-0.1, -0.05) is 68.1 Å². The van der Waals surface area contributed by atoms with E-state index in [1.54, 1.807) is 25.5 Å². The molecule has 0 unspecified atom stereocenters. The second kappa shape index (κ2) is 15.3. The first-order chi connectivity index (χ1) is 17.8. The van der Waals surface area contributed by atoms with Crippen LogP contribution in [-0.2, 0) is 34.0 Å². The minimum Gasteiger partial charge on any atom is -0.445 e. The number of ether oxygens (including phenoxy) is 3. The molecule has 38 heavy (non-hydrogen) atoms. The van der Waals surface area contributed by atoms with Crippen LogP contribution in [-0.4, -0.2) is 51.1 Å². The number of aryl methyl sites for hydroxylation is 1. The SMILES string of the molecule is C.CC(C)(C)OC(=O)N[C@H](COCc1ccccc1)c1nnnn1CCCNC(=O)OCc1ccccc1. The maximum atomic E-state index is 12.5.